The molecule has 4 heterocycles. The molecule has 4 aromatic rings. The monoisotopic (exact) mass is 645 g/mol. The molecule has 0 unspecified atom stereocenters. The number of rotatable bonds is 10. The number of aromatic nitrogens is 3. The summed E-state index contributed by atoms with van der Waals surface area (Å²) in [5, 5.41) is 10.6. The SMILES string of the molecule is CCCN1CCc2nc(C(=O)Cc3cccc(-c4cccc(-c5cnc(CN6CC(O)C6)c(OC)n5)c4Cl)c3Cl)cc(C)c2C1. The van der Waals surface area contributed by atoms with Crippen molar-refractivity contribution in [3.63, 3.8) is 0 Å². The summed E-state index contributed by atoms with van der Waals surface area (Å²) < 4.78 is 5.55. The maximum atomic E-state index is 13.5. The van der Waals surface area contributed by atoms with Gasteiger partial charge in [-0.15, -0.1) is 0 Å². The Morgan fingerprint density at radius 1 is 1.04 bits per heavy atom. The molecule has 0 spiro atoms. The Bertz CT molecular complexity index is 1740. The van der Waals surface area contributed by atoms with Crippen LogP contribution < -0.4 is 4.74 Å². The minimum atomic E-state index is -0.297. The van der Waals surface area contributed by atoms with Crippen molar-refractivity contribution < 1.29 is 14.6 Å². The third-order valence-electron chi connectivity index (χ3n) is 8.62. The number of Topliss-reactive ketones (excluding diaryl/α,β-unsaturated/α-hetero) is 1. The van der Waals surface area contributed by atoms with Crippen LogP contribution in [0.3, 0.4) is 0 Å². The zero-order chi connectivity index (χ0) is 31.7. The quantitative estimate of drug-likeness (QED) is 0.204. The summed E-state index contributed by atoms with van der Waals surface area (Å²) >= 11 is 14.0. The molecule has 0 radical (unpaired) electrons. The van der Waals surface area contributed by atoms with Gasteiger partial charge in [0.05, 0.1) is 35.1 Å². The second-order valence-corrected chi connectivity index (χ2v) is 12.6. The fourth-order valence-corrected chi connectivity index (χ4v) is 6.83. The lowest BCUT2D eigenvalue weighted by molar-refractivity contribution is -0.00403. The molecular weight excluding hydrogens is 609 g/mol. The topological polar surface area (TPSA) is 91.7 Å². The van der Waals surface area contributed by atoms with E-state index in [1.54, 1.807) is 13.3 Å². The van der Waals surface area contributed by atoms with E-state index in [0.29, 0.717) is 63.8 Å². The molecule has 2 aromatic heterocycles. The largest absolute Gasteiger partial charge is 0.480 e. The van der Waals surface area contributed by atoms with Gasteiger partial charge in [0.1, 0.15) is 11.4 Å². The number of benzene rings is 2. The maximum Gasteiger partial charge on any atom is 0.237 e. The highest BCUT2D eigenvalue weighted by Gasteiger charge is 2.27. The molecule has 1 saturated heterocycles. The number of hydrogen-bond acceptors (Lipinski definition) is 8. The number of ether oxygens (including phenoxy) is 1. The Hall–Kier alpha value is -3.40. The van der Waals surface area contributed by atoms with Gasteiger partial charge < -0.3 is 9.84 Å². The Kier molecular flexibility index (Phi) is 9.49. The fraction of sp³-hybridized carbons (Fsp3) is 0.371. The molecule has 234 valence electrons. The van der Waals surface area contributed by atoms with Crippen molar-refractivity contribution >= 4 is 29.0 Å². The summed E-state index contributed by atoms with van der Waals surface area (Å²) in [6.07, 6.45) is 3.49. The van der Waals surface area contributed by atoms with E-state index in [9.17, 15) is 9.90 Å². The van der Waals surface area contributed by atoms with Crippen LogP contribution >= 0.6 is 23.2 Å². The molecule has 8 nitrogen and oxygen atoms in total. The van der Waals surface area contributed by atoms with Crippen molar-refractivity contribution in [3.05, 3.63) is 92.5 Å². The first-order valence-corrected chi connectivity index (χ1v) is 16.1. The average Bonchev–Trinajstić information content (AvgIpc) is 3.02. The van der Waals surface area contributed by atoms with Crippen molar-refractivity contribution in [2.75, 3.05) is 33.3 Å². The normalized spacial score (nSPS) is 15.5. The molecule has 45 heavy (non-hydrogen) atoms. The van der Waals surface area contributed by atoms with Crippen LogP contribution in [0.15, 0.2) is 48.7 Å². The number of methoxy groups -OCH3 is 1. The van der Waals surface area contributed by atoms with Crippen molar-refractivity contribution in [1.29, 1.82) is 0 Å². The summed E-state index contributed by atoms with van der Waals surface area (Å²) in [5.41, 5.74) is 8.00. The van der Waals surface area contributed by atoms with E-state index in [-0.39, 0.29) is 18.3 Å². The van der Waals surface area contributed by atoms with Crippen molar-refractivity contribution in [3.8, 4) is 28.3 Å². The molecule has 2 aliphatic heterocycles. The summed E-state index contributed by atoms with van der Waals surface area (Å²) in [6.45, 7) is 8.93. The highest BCUT2D eigenvalue weighted by Crippen LogP contribution is 2.40. The number of hydrogen-bond donors (Lipinski definition) is 1. The molecular formula is C35H37Cl2N5O3. The number of nitrogens with zero attached hydrogens (tertiary/aromatic N) is 5. The second-order valence-electron chi connectivity index (χ2n) is 11.9. The molecule has 10 heteroatoms. The van der Waals surface area contributed by atoms with Crippen molar-refractivity contribution in [1.82, 2.24) is 24.8 Å². The van der Waals surface area contributed by atoms with Crippen LogP contribution in [0.1, 0.15) is 51.9 Å². The number of β-amino-alcohol motifs (C(OH)–C–C–N with tert-alkyl or cyclic N) is 1. The van der Waals surface area contributed by atoms with Crippen LogP contribution in [-0.2, 0) is 25.9 Å². The van der Waals surface area contributed by atoms with Gasteiger partial charge in [-0.2, -0.15) is 0 Å². The number of likely N-dealkylation sites (tertiary alicyclic amines) is 1. The van der Waals surface area contributed by atoms with E-state index in [4.69, 9.17) is 37.9 Å². The number of carbonyl (C=O) groups is 1. The second kappa shape index (κ2) is 13.5. The van der Waals surface area contributed by atoms with Gasteiger partial charge in [-0.1, -0.05) is 66.5 Å². The Morgan fingerprint density at radius 2 is 1.78 bits per heavy atom. The van der Waals surface area contributed by atoms with E-state index >= 15 is 0 Å². The smallest absolute Gasteiger partial charge is 0.237 e. The lowest BCUT2D eigenvalue weighted by Crippen LogP contribution is -2.50. The highest BCUT2D eigenvalue weighted by atomic mass is 35.5. The lowest BCUT2D eigenvalue weighted by Gasteiger charge is -2.35. The van der Waals surface area contributed by atoms with Gasteiger partial charge in [-0.3, -0.25) is 19.6 Å². The molecule has 0 saturated carbocycles. The molecule has 0 bridgehead atoms. The minimum absolute atomic E-state index is 0.0639. The zero-order valence-electron chi connectivity index (χ0n) is 25.8. The summed E-state index contributed by atoms with van der Waals surface area (Å²) in [6, 6.07) is 13.3. The highest BCUT2D eigenvalue weighted by molar-refractivity contribution is 6.38. The predicted octanol–water partition coefficient (Wildman–Crippen LogP) is 6.20. The number of halogens is 2. The van der Waals surface area contributed by atoms with Crippen LogP contribution in [0.2, 0.25) is 10.0 Å². The van der Waals surface area contributed by atoms with Crippen LogP contribution in [-0.4, -0.2) is 75.0 Å². The van der Waals surface area contributed by atoms with Crippen LogP contribution in [0.4, 0.5) is 0 Å². The third-order valence-corrected chi connectivity index (χ3v) is 9.47. The molecule has 0 atom stereocenters. The van der Waals surface area contributed by atoms with Gasteiger partial charge in [-0.25, -0.2) is 9.97 Å². The van der Waals surface area contributed by atoms with Gasteiger partial charge in [-0.05, 0) is 42.6 Å². The number of ketones is 1. The fourth-order valence-electron chi connectivity index (χ4n) is 6.21. The molecule has 0 aliphatic carbocycles. The standard InChI is InChI=1S/C35H37Cl2N5O3/c1-4-12-41-13-11-28-27(19-41)21(2)14-29(39-28)32(44)15-22-7-5-8-24(33(22)36)25-9-6-10-26(34(25)37)30-16-38-31(35(40-30)45-3)20-42-17-23(43)18-42/h5-10,14,16,23,43H,4,11-13,15,17-20H2,1-3H3. The average molecular weight is 647 g/mol. The molecule has 0 amide bonds. The zero-order valence-corrected chi connectivity index (χ0v) is 27.3. The first kappa shape index (κ1) is 31.6. The number of aliphatic hydroxyl groups excluding tert-OH is 1. The van der Waals surface area contributed by atoms with E-state index in [0.717, 1.165) is 54.9 Å². The summed E-state index contributed by atoms with van der Waals surface area (Å²) in [7, 11) is 1.56. The number of aliphatic hydroxyl groups is 1. The van der Waals surface area contributed by atoms with Crippen LogP contribution in [0, 0.1) is 6.92 Å². The van der Waals surface area contributed by atoms with E-state index in [2.05, 4.69) is 28.6 Å². The van der Waals surface area contributed by atoms with E-state index in [1.807, 2.05) is 42.5 Å². The Labute approximate surface area is 274 Å². The Balaban J connectivity index is 1.24. The predicted molar refractivity (Wildman–Crippen MR) is 177 cm³/mol. The van der Waals surface area contributed by atoms with Gasteiger partial charge in [0.25, 0.3) is 0 Å². The van der Waals surface area contributed by atoms with Gasteiger partial charge >= 0.3 is 0 Å². The van der Waals surface area contributed by atoms with Crippen molar-refractivity contribution in [2.24, 2.45) is 0 Å². The number of fused-ring (bicyclic) bond motifs is 1. The Morgan fingerprint density at radius 3 is 2.51 bits per heavy atom. The van der Waals surface area contributed by atoms with E-state index < -0.39 is 0 Å². The number of aryl methyl sites for hydroxylation is 1. The minimum Gasteiger partial charge on any atom is -0.480 e. The first-order chi connectivity index (χ1) is 21.7. The van der Waals surface area contributed by atoms with Crippen LogP contribution in [0.25, 0.3) is 22.4 Å². The molecule has 6 rings (SSSR count). The molecule has 1 fully saturated rings. The molecule has 2 aromatic carbocycles. The first-order valence-electron chi connectivity index (χ1n) is 15.4. The third kappa shape index (κ3) is 6.62. The molecule has 2 aliphatic rings. The van der Waals surface area contributed by atoms with Gasteiger partial charge in [0.15, 0.2) is 5.78 Å². The summed E-state index contributed by atoms with van der Waals surface area (Å²) in [4.78, 5) is 32.2. The van der Waals surface area contributed by atoms with Crippen molar-refractivity contribution in [2.45, 2.75) is 52.3 Å². The van der Waals surface area contributed by atoms with Gasteiger partial charge in [0.2, 0.25) is 5.88 Å². The summed E-state index contributed by atoms with van der Waals surface area (Å²) in [5.74, 6) is 0.351. The van der Waals surface area contributed by atoms with Gasteiger partial charge in [0, 0.05) is 67.9 Å². The van der Waals surface area contributed by atoms with E-state index in [1.165, 1.54) is 5.56 Å². The lowest BCUT2D eigenvalue weighted by atomic mass is 9.96. The number of pyridine rings is 1. The number of carbonyl (C=O) groups excluding carboxylic acids is 1. The maximum absolute atomic E-state index is 13.5. The molecule has 1 N–H and O–H groups in total. The van der Waals surface area contributed by atoms with Crippen LogP contribution in [0.5, 0.6) is 5.88 Å².